The van der Waals surface area contributed by atoms with E-state index in [-0.39, 0.29) is 0 Å². The maximum atomic E-state index is 10.4. The van der Waals surface area contributed by atoms with Crippen LogP contribution in [0, 0.1) is 0 Å². The summed E-state index contributed by atoms with van der Waals surface area (Å²) in [5, 5.41) is 16.5. The predicted octanol–water partition coefficient (Wildman–Crippen LogP) is 2.85. The minimum absolute atomic E-state index is 0.605. The molecule has 0 saturated heterocycles. The lowest BCUT2D eigenvalue weighted by molar-refractivity contribution is 0.220. The first-order valence-electron chi connectivity index (χ1n) is 5.98. The Kier molecular flexibility index (Phi) is 3.85. The summed E-state index contributed by atoms with van der Waals surface area (Å²) >= 11 is 0. The molecule has 0 aliphatic rings. The number of rotatable bonds is 4. The largest absolute Gasteiger partial charge is 0.388 e. The lowest BCUT2D eigenvalue weighted by atomic mass is 10.0. The third-order valence-electron chi connectivity index (χ3n) is 2.98. The van der Waals surface area contributed by atoms with Crippen LogP contribution in [0.3, 0.4) is 0 Å². The third kappa shape index (κ3) is 2.63. The zero-order valence-electron chi connectivity index (χ0n) is 10.6. The van der Waals surface area contributed by atoms with Crippen LogP contribution in [0.4, 0.5) is 11.4 Å². The Morgan fingerprint density at radius 2 is 1.28 bits per heavy atom. The molecule has 3 heteroatoms. The molecule has 0 saturated carbocycles. The van der Waals surface area contributed by atoms with Gasteiger partial charge in [-0.25, -0.2) is 0 Å². The van der Waals surface area contributed by atoms with Crippen LogP contribution in [-0.4, -0.2) is 19.2 Å². The number of hydrogen-bond donors (Lipinski definition) is 3. The second-order valence-corrected chi connectivity index (χ2v) is 4.15. The number of nitrogens with one attached hydrogen (secondary N) is 2. The summed E-state index contributed by atoms with van der Waals surface area (Å²) in [5.41, 5.74) is 3.76. The van der Waals surface area contributed by atoms with Gasteiger partial charge in [0.15, 0.2) is 0 Å². The second-order valence-electron chi connectivity index (χ2n) is 4.15. The highest BCUT2D eigenvalue weighted by molar-refractivity contribution is 5.50. The van der Waals surface area contributed by atoms with Gasteiger partial charge < -0.3 is 15.7 Å². The van der Waals surface area contributed by atoms with Gasteiger partial charge in [-0.05, 0) is 35.4 Å². The van der Waals surface area contributed by atoms with Crippen molar-refractivity contribution in [3.05, 3.63) is 59.7 Å². The van der Waals surface area contributed by atoms with Crippen LogP contribution in [0.1, 0.15) is 17.2 Å². The molecule has 0 aliphatic carbocycles. The van der Waals surface area contributed by atoms with Crippen molar-refractivity contribution < 1.29 is 5.11 Å². The van der Waals surface area contributed by atoms with Crippen molar-refractivity contribution in [2.45, 2.75) is 6.10 Å². The molecule has 0 fully saturated rings. The Hall–Kier alpha value is -2.00. The van der Waals surface area contributed by atoms with Crippen LogP contribution in [0.25, 0.3) is 0 Å². The summed E-state index contributed by atoms with van der Waals surface area (Å²) < 4.78 is 0. The summed E-state index contributed by atoms with van der Waals surface area (Å²) in [4.78, 5) is 0. The van der Waals surface area contributed by atoms with Crippen molar-refractivity contribution in [3.63, 3.8) is 0 Å². The fourth-order valence-corrected chi connectivity index (χ4v) is 1.92. The van der Waals surface area contributed by atoms with E-state index < -0.39 is 6.10 Å². The lowest BCUT2D eigenvalue weighted by Gasteiger charge is -2.14. The molecule has 2 rings (SSSR count). The van der Waals surface area contributed by atoms with Gasteiger partial charge >= 0.3 is 0 Å². The summed E-state index contributed by atoms with van der Waals surface area (Å²) in [5.74, 6) is 0. The molecule has 94 valence electrons. The van der Waals surface area contributed by atoms with Crippen molar-refractivity contribution in [2.75, 3.05) is 24.7 Å². The van der Waals surface area contributed by atoms with E-state index in [1.807, 2.05) is 62.6 Å². The van der Waals surface area contributed by atoms with Gasteiger partial charge in [-0.15, -0.1) is 0 Å². The van der Waals surface area contributed by atoms with Crippen LogP contribution in [0.15, 0.2) is 48.5 Å². The van der Waals surface area contributed by atoms with Gasteiger partial charge in [-0.2, -0.15) is 0 Å². The monoisotopic (exact) mass is 242 g/mol. The zero-order valence-corrected chi connectivity index (χ0v) is 10.6. The van der Waals surface area contributed by atoms with Gasteiger partial charge in [0.05, 0.1) is 0 Å². The van der Waals surface area contributed by atoms with Crippen LogP contribution < -0.4 is 10.6 Å². The maximum absolute atomic E-state index is 10.4. The first-order valence-corrected chi connectivity index (χ1v) is 5.98. The van der Waals surface area contributed by atoms with E-state index in [1.54, 1.807) is 0 Å². The molecule has 0 heterocycles. The van der Waals surface area contributed by atoms with Gasteiger partial charge in [-0.1, -0.05) is 24.3 Å². The van der Waals surface area contributed by atoms with E-state index in [9.17, 15) is 5.11 Å². The first kappa shape index (κ1) is 12.5. The fourth-order valence-electron chi connectivity index (χ4n) is 1.92. The average Bonchev–Trinajstić information content (AvgIpc) is 2.46. The Bertz CT molecular complexity index is 478. The van der Waals surface area contributed by atoms with Crippen molar-refractivity contribution in [1.82, 2.24) is 0 Å². The van der Waals surface area contributed by atoms with E-state index in [0.29, 0.717) is 0 Å². The summed E-state index contributed by atoms with van der Waals surface area (Å²) in [7, 11) is 3.74. The molecule has 3 nitrogen and oxygen atoms in total. The van der Waals surface area contributed by atoms with Gasteiger partial charge in [0.2, 0.25) is 0 Å². The molecule has 0 aromatic heterocycles. The Labute approximate surface area is 107 Å². The Morgan fingerprint density at radius 1 is 0.833 bits per heavy atom. The van der Waals surface area contributed by atoms with E-state index >= 15 is 0 Å². The molecule has 0 amide bonds. The predicted molar refractivity (Wildman–Crippen MR) is 76.0 cm³/mol. The second kappa shape index (κ2) is 5.56. The molecule has 0 spiro atoms. The fraction of sp³-hybridized carbons (Fsp3) is 0.200. The third-order valence-corrected chi connectivity index (χ3v) is 2.98. The molecule has 0 radical (unpaired) electrons. The average molecular weight is 242 g/mol. The molecule has 2 aromatic rings. The minimum Gasteiger partial charge on any atom is -0.388 e. The van der Waals surface area contributed by atoms with Crippen molar-refractivity contribution in [3.8, 4) is 0 Å². The molecule has 0 bridgehead atoms. The highest BCUT2D eigenvalue weighted by Crippen LogP contribution is 2.25. The van der Waals surface area contributed by atoms with Crippen molar-refractivity contribution >= 4 is 11.4 Å². The van der Waals surface area contributed by atoms with Gasteiger partial charge in [0.25, 0.3) is 0 Å². The minimum atomic E-state index is -0.605. The van der Waals surface area contributed by atoms with Crippen LogP contribution in [0.2, 0.25) is 0 Å². The van der Waals surface area contributed by atoms with Gasteiger partial charge in [0, 0.05) is 25.5 Å². The molecule has 0 unspecified atom stereocenters. The van der Waals surface area contributed by atoms with Crippen LogP contribution >= 0.6 is 0 Å². The molecule has 2 aromatic carbocycles. The first-order chi connectivity index (χ1) is 8.74. The van der Waals surface area contributed by atoms with Crippen molar-refractivity contribution in [2.24, 2.45) is 0 Å². The molecule has 18 heavy (non-hydrogen) atoms. The zero-order chi connectivity index (χ0) is 13.0. The number of aliphatic hydroxyl groups excluding tert-OH is 1. The summed E-state index contributed by atoms with van der Waals surface area (Å²) in [6, 6.07) is 15.6. The number of benzene rings is 2. The van der Waals surface area contributed by atoms with E-state index in [4.69, 9.17) is 0 Å². The van der Waals surface area contributed by atoms with E-state index in [1.165, 1.54) is 0 Å². The molecule has 3 N–H and O–H groups in total. The Morgan fingerprint density at radius 3 is 1.67 bits per heavy atom. The summed E-state index contributed by atoms with van der Waals surface area (Å²) in [6.07, 6.45) is -0.605. The SMILES string of the molecule is CNc1cccc(C(O)c2cccc(NC)c2)c1. The maximum Gasteiger partial charge on any atom is 0.104 e. The van der Waals surface area contributed by atoms with Gasteiger partial charge in [0.1, 0.15) is 6.10 Å². The summed E-state index contributed by atoms with van der Waals surface area (Å²) in [6.45, 7) is 0. The molecular weight excluding hydrogens is 224 g/mol. The number of anilines is 2. The van der Waals surface area contributed by atoms with E-state index in [0.717, 1.165) is 22.5 Å². The normalized spacial score (nSPS) is 10.4. The Balaban J connectivity index is 2.31. The standard InChI is InChI=1S/C15H18N2O/c1-16-13-7-3-5-11(9-13)15(18)12-6-4-8-14(10-12)17-2/h3-10,15-18H,1-2H3. The highest BCUT2D eigenvalue weighted by atomic mass is 16.3. The molecular formula is C15H18N2O. The lowest BCUT2D eigenvalue weighted by Crippen LogP contribution is -2.01. The van der Waals surface area contributed by atoms with Gasteiger partial charge in [-0.3, -0.25) is 0 Å². The molecule has 0 atom stereocenters. The van der Waals surface area contributed by atoms with E-state index in [2.05, 4.69) is 10.6 Å². The quantitative estimate of drug-likeness (QED) is 0.772. The van der Waals surface area contributed by atoms with Crippen molar-refractivity contribution in [1.29, 1.82) is 0 Å². The van der Waals surface area contributed by atoms with Crippen LogP contribution in [-0.2, 0) is 0 Å². The molecule has 0 aliphatic heterocycles. The highest BCUT2D eigenvalue weighted by Gasteiger charge is 2.10. The number of aliphatic hydroxyl groups is 1. The van der Waals surface area contributed by atoms with Crippen LogP contribution in [0.5, 0.6) is 0 Å². The smallest absolute Gasteiger partial charge is 0.104 e. The topological polar surface area (TPSA) is 44.3 Å². The number of hydrogen-bond acceptors (Lipinski definition) is 3.